The van der Waals surface area contributed by atoms with E-state index in [1.165, 1.54) is 25.1 Å². The minimum atomic E-state index is -2.69. The van der Waals surface area contributed by atoms with Crippen molar-refractivity contribution in [2.24, 2.45) is 5.92 Å². The minimum absolute atomic E-state index is 0.0581. The van der Waals surface area contributed by atoms with Crippen LogP contribution < -0.4 is 5.73 Å². The Morgan fingerprint density at radius 3 is 2.76 bits per heavy atom. The Labute approximate surface area is 125 Å². The average molecular weight is 313 g/mol. The van der Waals surface area contributed by atoms with Gasteiger partial charge in [0.15, 0.2) is 0 Å². The number of rotatable bonds is 4. The van der Waals surface area contributed by atoms with Crippen molar-refractivity contribution < 1.29 is 8.78 Å². The van der Waals surface area contributed by atoms with Gasteiger partial charge in [0.2, 0.25) is 0 Å². The molecule has 1 saturated carbocycles. The molecule has 2 aromatic rings. The van der Waals surface area contributed by atoms with Crippen LogP contribution in [0.5, 0.6) is 0 Å². The Morgan fingerprint density at radius 1 is 1.48 bits per heavy atom. The van der Waals surface area contributed by atoms with Crippen LogP contribution in [0.25, 0.3) is 11.3 Å². The number of hydrogen-bond donors (Lipinski definition) is 1. The zero-order valence-electron chi connectivity index (χ0n) is 11.5. The maximum atomic E-state index is 12.7. The zero-order valence-corrected chi connectivity index (χ0v) is 12.2. The van der Waals surface area contributed by atoms with Crippen molar-refractivity contribution in [3.05, 3.63) is 28.5 Å². The average Bonchev–Trinajstić information content (AvgIpc) is 3.20. The molecule has 2 N–H and O–H groups in total. The molecular formula is C14H15ClF2N4. The molecule has 0 saturated heterocycles. The van der Waals surface area contributed by atoms with E-state index in [-0.39, 0.29) is 5.02 Å². The molecule has 0 aliphatic heterocycles. The first-order chi connectivity index (χ1) is 9.97. The van der Waals surface area contributed by atoms with Crippen molar-refractivity contribution in [3.8, 4) is 11.3 Å². The molecule has 1 aliphatic rings. The van der Waals surface area contributed by atoms with Crippen molar-refractivity contribution >= 4 is 17.4 Å². The quantitative estimate of drug-likeness (QED) is 0.933. The molecule has 3 rings (SSSR count). The van der Waals surface area contributed by atoms with Crippen LogP contribution in [0.2, 0.25) is 5.02 Å². The molecule has 1 aliphatic carbocycles. The second kappa shape index (κ2) is 5.26. The summed E-state index contributed by atoms with van der Waals surface area (Å²) in [5.41, 5.74) is 7.71. The second-order valence-corrected chi connectivity index (χ2v) is 5.78. The summed E-state index contributed by atoms with van der Waals surface area (Å²) in [5, 5.41) is 4.42. The van der Waals surface area contributed by atoms with Gasteiger partial charge in [0.1, 0.15) is 11.5 Å². The summed E-state index contributed by atoms with van der Waals surface area (Å²) in [6.45, 7) is 2.65. The Hall–Kier alpha value is -1.69. The van der Waals surface area contributed by atoms with Crippen LogP contribution in [0.1, 0.15) is 30.5 Å². The number of anilines is 1. The molecule has 21 heavy (non-hydrogen) atoms. The maximum absolute atomic E-state index is 12.7. The van der Waals surface area contributed by atoms with Gasteiger partial charge >= 0.3 is 0 Å². The first-order valence-corrected chi connectivity index (χ1v) is 7.12. The lowest BCUT2D eigenvalue weighted by Crippen LogP contribution is -2.06. The number of hydrogen-bond acceptors (Lipinski definition) is 3. The number of nitrogens with zero attached hydrogens (tertiary/aromatic N) is 3. The second-order valence-electron chi connectivity index (χ2n) is 5.38. The van der Waals surface area contributed by atoms with E-state index in [9.17, 15) is 8.78 Å². The van der Waals surface area contributed by atoms with Crippen molar-refractivity contribution in [1.29, 1.82) is 0 Å². The monoisotopic (exact) mass is 312 g/mol. The fourth-order valence-electron chi connectivity index (χ4n) is 2.26. The molecule has 0 radical (unpaired) electrons. The molecule has 1 fully saturated rings. The summed E-state index contributed by atoms with van der Waals surface area (Å²) < 4.78 is 27.1. The molecule has 0 aromatic carbocycles. The standard InChI is InChI=1S/C14H15ClF2N4/c1-7-11(20-21(14(7)18)6-8-2-3-8)9-4-10(15)12(13(16)17)19-5-9/h4-5,8,13H,2-3,6,18H2,1H3. The molecule has 7 heteroatoms. The summed E-state index contributed by atoms with van der Waals surface area (Å²) in [5.74, 6) is 1.24. The third kappa shape index (κ3) is 2.72. The molecule has 0 unspecified atom stereocenters. The van der Waals surface area contributed by atoms with Crippen LogP contribution in [0, 0.1) is 12.8 Å². The largest absolute Gasteiger partial charge is 0.384 e. The Morgan fingerprint density at radius 2 is 2.19 bits per heavy atom. The lowest BCUT2D eigenvalue weighted by atomic mass is 10.1. The van der Waals surface area contributed by atoms with Crippen LogP contribution in [0.15, 0.2) is 12.3 Å². The van der Waals surface area contributed by atoms with E-state index < -0.39 is 12.1 Å². The highest BCUT2D eigenvalue weighted by atomic mass is 35.5. The SMILES string of the molecule is Cc1c(-c2cnc(C(F)F)c(Cl)c2)nn(CC2CC2)c1N. The molecule has 2 heterocycles. The van der Waals surface area contributed by atoms with Crippen LogP contribution in [-0.2, 0) is 6.54 Å². The highest BCUT2D eigenvalue weighted by molar-refractivity contribution is 6.31. The number of nitrogens with two attached hydrogens (primary N) is 1. The van der Waals surface area contributed by atoms with Crippen molar-refractivity contribution in [2.75, 3.05) is 5.73 Å². The predicted molar refractivity (Wildman–Crippen MR) is 77.3 cm³/mol. The Balaban J connectivity index is 1.98. The number of alkyl halides is 2. The Kier molecular flexibility index (Phi) is 3.57. The van der Waals surface area contributed by atoms with Gasteiger partial charge in [-0.1, -0.05) is 11.6 Å². The van der Waals surface area contributed by atoms with Gasteiger partial charge in [0.05, 0.1) is 10.7 Å². The summed E-state index contributed by atoms with van der Waals surface area (Å²) >= 11 is 5.86. The van der Waals surface area contributed by atoms with Crippen LogP contribution >= 0.6 is 11.6 Å². The number of nitrogen functional groups attached to an aromatic ring is 1. The fraction of sp³-hybridized carbons (Fsp3) is 0.429. The van der Waals surface area contributed by atoms with Gasteiger partial charge in [-0.05, 0) is 31.7 Å². The highest BCUT2D eigenvalue weighted by Crippen LogP contribution is 2.34. The van der Waals surface area contributed by atoms with Gasteiger partial charge in [-0.2, -0.15) is 5.10 Å². The van der Waals surface area contributed by atoms with Gasteiger partial charge < -0.3 is 5.73 Å². The first-order valence-electron chi connectivity index (χ1n) is 6.74. The van der Waals surface area contributed by atoms with E-state index in [0.717, 1.165) is 12.1 Å². The first kappa shape index (κ1) is 14.3. The zero-order chi connectivity index (χ0) is 15.1. The fourth-order valence-corrected chi connectivity index (χ4v) is 2.51. The van der Waals surface area contributed by atoms with Crippen molar-refractivity contribution in [3.63, 3.8) is 0 Å². The lowest BCUT2D eigenvalue weighted by Gasteiger charge is -2.04. The molecule has 0 spiro atoms. The third-order valence-electron chi connectivity index (χ3n) is 3.72. The van der Waals surface area contributed by atoms with E-state index in [1.807, 2.05) is 6.92 Å². The normalized spacial score (nSPS) is 14.9. The number of aromatic nitrogens is 3. The molecule has 0 atom stereocenters. The summed E-state index contributed by atoms with van der Waals surface area (Å²) in [7, 11) is 0. The minimum Gasteiger partial charge on any atom is -0.384 e. The summed E-state index contributed by atoms with van der Waals surface area (Å²) in [6.07, 6.45) is 1.07. The van der Waals surface area contributed by atoms with E-state index in [4.69, 9.17) is 17.3 Å². The van der Waals surface area contributed by atoms with Gasteiger partial charge in [0, 0.05) is 23.9 Å². The van der Waals surface area contributed by atoms with Gasteiger partial charge in [-0.3, -0.25) is 4.98 Å². The van der Waals surface area contributed by atoms with Crippen LogP contribution in [0.4, 0.5) is 14.6 Å². The van der Waals surface area contributed by atoms with Crippen molar-refractivity contribution in [1.82, 2.24) is 14.8 Å². The predicted octanol–water partition coefficient (Wildman–Crippen LogP) is 3.84. The highest BCUT2D eigenvalue weighted by Gasteiger charge is 2.25. The summed E-state index contributed by atoms with van der Waals surface area (Å²) in [4.78, 5) is 3.74. The van der Waals surface area contributed by atoms with E-state index in [1.54, 1.807) is 4.68 Å². The topological polar surface area (TPSA) is 56.7 Å². The maximum Gasteiger partial charge on any atom is 0.281 e. The van der Waals surface area contributed by atoms with E-state index >= 15 is 0 Å². The Bertz CT molecular complexity index is 680. The lowest BCUT2D eigenvalue weighted by molar-refractivity contribution is 0.146. The third-order valence-corrected chi connectivity index (χ3v) is 4.02. The number of halogens is 3. The summed E-state index contributed by atoms with van der Waals surface area (Å²) in [6, 6.07) is 1.46. The number of pyridine rings is 1. The molecular weight excluding hydrogens is 298 g/mol. The smallest absolute Gasteiger partial charge is 0.281 e. The molecule has 112 valence electrons. The molecule has 0 amide bonds. The van der Waals surface area contributed by atoms with Crippen LogP contribution in [0.3, 0.4) is 0 Å². The van der Waals surface area contributed by atoms with E-state index in [0.29, 0.717) is 23.0 Å². The van der Waals surface area contributed by atoms with E-state index in [2.05, 4.69) is 10.1 Å². The van der Waals surface area contributed by atoms with Crippen LogP contribution in [-0.4, -0.2) is 14.8 Å². The van der Waals surface area contributed by atoms with Gasteiger partial charge in [-0.15, -0.1) is 0 Å². The van der Waals surface area contributed by atoms with Gasteiger partial charge in [0.25, 0.3) is 6.43 Å². The van der Waals surface area contributed by atoms with Crippen molar-refractivity contribution in [2.45, 2.75) is 32.7 Å². The van der Waals surface area contributed by atoms with Gasteiger partial charge in [-0.25, -0.2) is 13.5 Å². The molecule has 4 nitrogen and oxygen atoms in total. The molecule has 0 bridgehead atoms. The molecule has 2 aromatic heterocycles.